The Labute approximate surface area is 312 Å². The topological polar surface area (TPSA) is 154 Å². The molecular weight excluding hydrogens is 687 g/mol. The normalized spacial score (nSPS) is 20.0. The van der Waals surface area contributed by atoms with Crippen LogP contribution in [0.2, 0.25) is 0 Å². The molecule has 3 N–H and O–H groups in total. The van der Waals surface area contributed by atoms with Gasteiger partial charge in [0.05, 0.1) is 41.4 Å². The number of hydrogen-bond donors (Lipinski definition) is 3. The van der Waals surface area contributed by atoms with Crippen LogP contribution in [-0.2, 0) is 14.4 Å². The van der Waals surface area contributed by atoms with Gasteiger partial charge < -0.3 is 25.2 Å². The first kappa shape index (κ1) is 34.0. The largest absolute Gasteiger partial charge is 0.482 e. The number of likely N-dealkylation sites (tertiary alicyclic amines) is 1. The highest BCUT2D eigenvalue weighted by molar-refractivity contribution is 6.01. The maximum Gasteiger partial charge on any atom is 0.262 e. The average Bonchev–Trinajstić information content (AvgIpc) is 3.89. The van der Waals surface area contributed by atoms with Gasteiger partial charge in [-0.3, -0.25) is 33.7 Å². The van der Waals surface area contributed by atoms with E-state index in [4.69, 9.17) is 14.8 Å². The van der Waals surface area contributed by atoms with E-state index in [-0.39, 0.29) is 30.2 Å². The Hall–Kier alpha value is -5.80. The summed E-state index contributed by atoms with van der Waals surface area (Å²) in [5, 5.41) is 13.5. The fourth-order valence-corrected chi connectivity index (χ4v) is 8.05. The number of fused-ring (bicyclic) bond motifs is 2. The zero-order valence-electron chi connectivity index (χ0n) is 30.0. The molecule has 15 heteroatoms. The molecule has 3 fully saturated rings. The van der Waals surface area contributed by atoms with E-state index in [1.807, 2.05) is 47.1 Å². The van der Waals surface area contributed by atoms with Gasteiger partial charge in [0.25, 0.3) is 5.91 Å². The molecule has 0 spiro atoms. The number of amides is 3. The molecule has 0 radical (unpaired) electrons. The van der Waals surface area contributed by atoms with E-state index >= 15 is 0 Å². The van der Waals surface area contributed by atoms with Crippen LogP contribution in [-0.4, -0.2) is 111 Å². The van der Waals surface area contributed by atoms with Crippen LogP contribution in [0.5, 0.6) is 5.75 Å². The summed E-state index contributed by atoms with van der Waals surface area (Å²) in [5.74, 6) is 0.501. The van der Waals surface area contributed by atoms with Gasteiger partial charge in [-0.25, -0.2) is 9.97 Å². The number of imide groups is 1. The second-order valence-electron chi connectivity index (χ2n) is 14.5. The molecule has 4 aliphatic heterocycles. The highest BCUT2D eigenvalue weighted by Crippen LogP contribution is 2.34. The lowest BCUT2D eigenvalue weighted by Gasteiger charge is -2.38. The molecule has 0 aliphatic carbocycles. The number of anilines is 4. The van der Waals surface area contributed by atoms with Crippen molar-refractivity contribution in [3.63, 3.8) is 0 Å². The van der Waals surface area contributed by atoms with Crippen molar-refractivity contribution in [2.75, 3.05) is 74.5 Å². The third-order valence-corrected chi connectivity index (χ3v) is 11.1. The number of ether oxygens (including phenoxy) is 1. The molecular formula is C39H43N11O4. The van der Waals surface area contributed by atoms with Crippen LogP contribution in [0.15, 0.2) is 73.4 Å². The Morgan fingerprint density at radius 1 is 0.833 bits per heavy atom. The Kier molecular flexibility index (Phi) is 9.16. The number of nitrogens with zero attached hydrogens (tertiary/aromatic N) is 8. The van der Waals surface area contributed by atoms with Gasteiger partial charge in [-0.15, -0.1) is 0 Å². The summed E-state index contributed by atoms with van der Waals surface area (Å²) in [7, 11) is 0. The third kappa shape index (κ3) is 6.99. The van der Waals surface area contributed by atoms with Gasteiger partial charge in [-0.1, -0.05) is 12.1 Å². The quantitative estimate of drug-likeness (QED) is 0.191. The van der Waals surface area contributed by atoms with Gasteiger partial charge in [0.2, 0.25) is 11.8 Å². The molecule has 4 aliphatic rings. The minimum absolute atomic E-state index is 0.0202. The van der Waals surface area contributed by atoms with Crippen molar-refractivity contribution in [1.82, 2.24) is 39.3 Å². The number of nitrogens with one attached hydrogen (secondary N) is 3. The van der Waals surface area contributed by atoms with Crippen molar-refractivity contribution in [3.8, 4) is 17.0 Å². The number of carbonyl (C=O) groups is 3. The van der Waals surface area contributed by atoms with Crippen LogP contribution in [0, 0.1) is 0 Å². The lowest BCUT2D eigenvalue weighted by atomic mass is 9.90. The smallest absolute Gasteiger partial charge is 0.262 e. The van der Waals surface area contributed by atoms with Gasteiger partial charge in [0.15, 0.2) is 18.1 Å². The number of carbonyl (C=O) groups excluding carboxylic acids is 3. The molecule has 0 bridgehead atoms. The summed E-state index contributed by atoms with van der Waals surface area (Å²) < 4.78 is 9.58. The van der Waals surface area contributed by atoms with Crippen LogP contribution >= 0.6 is 0 Å². The minimum Gasteiger partial charge on any atom is -0.482 e. The molecule has 3 amide bonds. The Morgan fingerprint density at radius 3 is 2.43 bits per heavy atom. The van der Waals surface area contributed by atoms with E-state index in [1.54, 1.807) is 12.4 Å². The molecule has 1 atom stereocenters. The molecule has 9 rings (SSSR count). The highest BCUT2D eigenvalue weighted by Gasteiger charge is 2.28. The van der Waals surface area contributed by atoms with Crippen LogP contribution in [0.25, 0.3) is 16.9 Å². The van der Waals surface area contributed by atoms with Crippen LogP contribution in [0.3, 0.4) is 0 Å². The van der Waals surface area contributed by atoms with Gasteiger partial charge in [0.1, 0.15) is 5.75 Å². The standard InChI is InChI=1S/C39H43N11O4/c51-35-8-6-31(39(53)45-35)26-1-4-29(5-2-26)48-19-17-47(18-20-48)16-15-46-12-9-30(10-13-46)50-24-28(22-42-50)43-37-38-40-11-14-49(38)33(23-41-37)27-3-7-34-32(21-27)44-36(52)25-54-34/h1-5,7,11,14,21-24,30-31H,6,8-10,12-13,15-20,25H2,(H,41,43)(H,44,52)(H,45,51,53). The Balaban J connectivity index is 0.740. The van der Waals surface area contributed by atoms with E-state index in [1.165, 1.54) is 5.69 Å². The van der Waals surface area contributed by atoms with Crippen molar-refractivity contribution in [2.45, 2.75) is 37.6 Å². The molecule has 0 saturated carbocycles. The maximum atomic E-state index is 12.3. The molecule has 54 heavy (non-hydrogen) atoms. The Morgan fingerprint density at radius 2 is 1.63 bits per heavy atom. The first-order chi connectivity index (χ1) is 26.4. The number of aromatic nitrogens is 5. The predicted octanol–water partition coefficient (Wildman–Crippen LogP) is 3.65. The molecule has 5 aromatic rings. The number of benzene rings is 2. The van der Waals surface area contributed by atoms with Crippen molar-refractivity contribution in [3.05, 3.63) is 79.0 Å². The molecule has 2 aromatic carbocycles. The summed E-state index contributed by atoms with van der Waals surface area (Å²) in [4.78, 5) is 52.5. The number of hydrogen-bond acceptors (Lipinski definition) is 11. The van der Waals surface area contributed by atoms with E-state index in [0.717, 1.165) is 87.7 Å². The van der Waals surface area contributed by atoms with Gasteiger partial charge in [-0.05, 0) is 55.2 Å². The van der Waals surface area contributed by atoms with Crippen molar-refractivity contribution < 1.29 is 19.1 Å². The second-order valence-corrected chi connectivity index (χ2v) is 14.5. The van der Waals surface area contributed by atoms with Crippen LogP contribution in [0.1, 0.15) is 43.2 Å². The third-order valence-electron chi connectivity index (χ3n) is 11.1. The molecule has 278 valence electrons. The van der Waals surface area contributed by atoms with Crippen molar-refractivity contribution in [2.24, 2.45) is 0 Å². The van der Waals surface area contributed by atoms with Gasteiger partial charge in [0, 0.05) is 88.6 Å². The lowest BCUT2D eigenvalue weighted by molar-refractivity contribution is -0.134. The zero-order valence-corrected chi connectivity index (χ0v) is 30.0. The predicted molar refractivity (Wildman–Crippen MR) is 203 cm³/mol. The number of imidazole rings is 1. The number of piperidine rings is 2. The first-order valence-electron chi connectivity index (χ1n) is 18.8. The van der Waals surface area contributed by atoms with Crippen molar-refractivity contribution in [1.29, 1.82) is 0 Å². The monoisotopic (exact) mass is 729 g/mol. The zero-order chi connectivity index (χ0) is 36.6. The SMILES string of the molecule is O=C1CCC(c2ccc(N3CCN(CCN4CCC(n5cc(Nc6ncc(-c7ccc8c(c7)NC(=O)CO8)n7ccnc67)cn5)CC4)CC3)cc2)C(=O)N1. The van der Waals surface area contributed by atoms with Crippen molar-refractivity contribution >= 4 is 46.2 Å². The summed E-state index contributed by atoms with van der Waals surface area (Å²) in [6, 6.07) is 14.4. The molecule has 7 heterocycles. The molecule has 3 aromatic heterocycles. The average molecular weight is 730 g/mol. The molecule has 15 nitrogen and oxygen atoms in total. The van der Waals surface area contributed by atoms with Crippen LogP contribution in [0.4, 0.5) is 22.9 Å². The fraction of sp³-hybridized carbons (Fsp3) is 0.385. The highest BCUT2D eigenvalue weighted by atomic mass is 16.5. The molecule has 3 saturated heterocycles. The number of rotatable bonds is 9. The number of piperazine rings is 1. The van der Waals surface area contributed by atoms with E-state index in [9.17, 15) is 14.4 Å². The first-order valence-corrected chi connectivity index (χ1v) is 18.8. The second kappa shape index (κ2) is 14.6. The Bertz CT molecular complexity index is 2180. The van der Waals surface area contributed by atoms with E-state index in [2.05, 4.69) is 58.6 Å². The lowest BCUT2D eigenvalue weighted by Crippen LogP contribution is -2.49. The van der Waals surface area contributed by atoms with Crippen LogP contribution < -0.4 is 25.6 Å². The summed E-state index contributed by atoms with van der Waals surface area (Å²) >= 11 is 0. The summed E-state index contributed by atoms with van der Waals surface area (Å²) in [5.41, 5.74) is 6.08. The van der Waals surface area contributed by atoms with E-state index < -0.39 is 0 Å². The minimum atomic E-state index is -0.243. The summed E-state index contributed by atoms with van der Waals surface area (Å²) in [6.45, 7) is 8.25. The fourth-order valence-electron chi connectivity index (χ4n) is 8.05. The molecule has 1 unspecified atom stereocenters. The maximum absolute atomic E-state index is 12.3. The van der Waals surface area contributed by atoms with Gasteiger partial charge in [-0.2, -0.15) is 5.10 Å². The van der Waals surface area contributed by atoms with Gasteiger partial charge >= 0.3 is 0 Å². The van der Waals surface area contributed by atoms with E-state index in [0.29, 0.717) is 41.8 Å². The summed E-state index contributed by atoms with van der Waals surface area (Å²) in [6.07, 6.45) is 12.4.